The first-order valence-corrected chi connectivity index (χ1v) is 4.80. The predicted molar refractivity (Wildman–Crippen MR) is 50.3 cm³/mol. The third-order valence-electron chi connectivity index (χ3n) is 1.44. The molecule has 2 atom stereocenters. The lowest BCUT2D eigenvalue weighted by Gasteiger charge is -2.28. The van der Waals surface area contributed by atoms with Crippen molar-refractivity contribution in [2.24, 2.45) is 5.73 Å². The summed E-state index contributed by atoms with van der Waals surface area (Å²) in [6.45, 7) is 3.59. The molecule has 0 saturated carbocycles. The van der Waals surface area contributed by atoms with Gasteiger partial charge in [-0.1, -0.05) is 6.08 Å². The van der Waals surface area contributed by atoms with Gasteiger partial charge in [-0.15, -0.1) is 18.3 Å². The van der Waals surface area contributed by atoms with Gasteiger partial charge in [0.05, 0.1) is 12.6 Å². The molecule has 0 aromatic carbocycles. The molecule has 1 fully saturated rings. The standard InChI is InChI=1S/C7H13N3OS/c1-2-3-12-7-9-5(8)4-6(11)10-7/h2,5,7,9H,1,3-4,8H2,(H,10,11). The van der Waals surface area contributed by atoms with Gasteiger partial charge in [0.15, 0.2) is 0 Å². The Morgan fingerprint density at radius 3 is 3.17 bits per heavy atom. The topological polar surface area (TPSA) is 67.2 Å². The summed E-state index contributed by atoms with van der Waals surface area (Å²) >= 11 is 1.56. The van der Waals surface area contributed by atoms with Crippen molar-refractivity contribution in [2.45, 2.75) is 18.1 Å². The Bertz CT molecular complexity index is 185. The Labute approximate surface area is 76.0 Å². The second-order valence-corrected chi connectivity index (χ2v) is 3.68. The molecule has 1 aliphatic heterocycles. The third kappa shape index (κ3) is 2.84. The highest BCUT2D eigenvalue weighted by Gasteiger charge is 2.22. The highest BCUT2D eigenvalue weighted by atomic mass is 32.2. The molecule has 0 spiro atoms. The van der Waals surface area contributed by atoms with Crippen molar-refractivity contribution >= 4 is 17.7 Å². The molecule has 1 aliphatic rings. The number of rotatable bonds is 3. The van der Waals surface area contributed by atoms with Crippen molar-refractivity contribution < 1.29 is 4.79 Å². The molecule has 1 saturated heterocycles. The van der Waals surface area contributed by atoms with E-state index in [1.54, 1.807) is 17.8 Å². The number of hydrogen-bond donors (Lipinski definition) is 3. The number of nitrogens with one attached hydrogen (secondary N) is 2. The predicted octanol–water partition coefficient (Wildman–Crippen LogP) is -0.416. The van der Waals surface area contributed by atoms with E-state index in [1.807, 2.05) is 0 Å². The van der Waals surface area contributed by atoms with Crippen LogP contribution in [0.15, 0.2) is 12.7 Å². The minimum Gasteiger partial charge on any atom is -0.332 e. The van der Waals surface area contributed by atoms with Crippen LogP contribution in [0.4, 0.5) is 0 Å². The second kappa shape index (κ2) is 4.49. The van der Waals surface area contributed by atoms with Crippen LogP contribution in [-0.4, -0.2) is 23.3 Å². The molecule has 0 aromatic rings. The smallest absolute Gasteiger partial charge is 0.224 e. The van der Waals surface area contributed by atoms with E-state index < -0.39 is 0 Å². The van der Waals surface area contributed by atoms with Crippen LogP contribution >= 0.6 is 11.8 Å². The summed E-state index contributed by atoms with van der Waals surface area (Å²) in [6.07, 6.45) is 1.92. The van der Waals surface area contributed by atoms with E-state index in [-0.39, 0.29) is 17.6 Å². The Kier molecular flexibility index (Phi) is 3.58. The van der Waals surface area contributed by atoms with Gasteiger partial charge < -0.3 is 11.1 Å². The minimum atomic E-state index is -0.221. The zero-order valence-electron chi connectivity index (χ0n) is 6.75. The first kappa shape index (κ1) is 9.57. The average molecular weight is 187 g/mol. The second-order valence-electron chi connectivity index (χ2n) is 2.55. The molecule has 5 heteroatoms. The normalized spacial score (nSPS) is 29.6. The number of nitrogens with two attached hydrogens (primary N) is 1. The van der Waals surface area contributed by atoms with Gasteiger partial charge in [-0.25, -0.2) is 0 Å². The van der Waals surface area contributed by atoms with Crippen LogP contribution in [0.25, 0.3) is 0 Å². The molecule has 12 heavy (non-hydrogen) atoms. The first-order chi connectivity index (χ1) is 5.72. The fraction of sp³-hybridized carbons (Fsp3) is 0.571. The summed E-state index contributed by atoms with van der Waals surface area (Å²) in [5.41, 5.74) is 5.51. The van der Waals surface area contributed by atoms with Gasteiger partial charge in [-0.2, -0.15) is 0 Å². The van der Waals surface area contributed by atoms with E-state index in [1.165, 1.54) is 0 Å². The zero-order valence-corrected chi connectivity index (χ0v) is 7.56. The highest BCUT2D eigenvalue weighted by molar-refractivity contribution is 7.99. The molecule has 0 radical (unpaired) electrons. The Morgan fingerprint density at radius 1 is 1.83 bits per heavy atom. The van der Waals surface area contributed by atoms with Crippen LogP contribution in [-0.2, 0) is 4.79 Å². The van der Waals surface area contributed by atoms with Gasteiger partial charge in [0, 0.05) is 5.75 Å². The van der Waals surface area contributed by atoms with Crippen LogP contribution < -0.4 is 16.4 Å². The van der Waals surface area contributed by atoms with Crippen LogP contribution in [0.2, 0.25) is 0 Å². The molecule has 0 aromatic heterocycles. The van der Waals surface area contributed by atoms with E-state index >= 15 is 0 Å². The third-order valence-corrected chi connectivity index (χ3v) is 2.46. The van der Waals surface area contributed by atoms with Gasteiger partial charge in [0.1, 0.15) is 5.50 Å². The number of carbonyl (C=O) groups is 1. The van der Waals surface area contributed by atoms with Crippen molar-refractivity contribution in [1.29, 1.82) is 0 Å². The van der Waals surface area contributed by atoms with E-state index in [0.29, 0.717) is 6.42 Å². The van der Waals surface area contributed by atoms with Crippen molar-refractivity contribution in [1.82, 2.24) is 10.6 Å². The lowest BCUT2D eigenvalue weighted by Crippen LogP contribution is -2.57. The van der Waals surface area contributed by atoms with Crippen molar-refractivity contribution in [2.75, 3.05) is 5.75 Å². The Hall–Kier alpha value is -0.520. The molecule has 0 aliphatic carbocycles. The molecular formula is C7H13N3OS. The summed E-state index contributed by atoms with van der Waals surface area (Å²) in [7, 11) is 0. The summed E-state index contributed by atoms with van der Waals surface area (Å²) in [5.74, 6) is 0.799. The maximum absolute atomic E-state index is 11.0. The first-order valence-electron chi connectivity index (χ1n) is 3.76. The van der Waals surface area contributed by atoms with Crippen LogP contribution in [0.1, 0.15) is 6.42 Å². The number of amides is 1. The molecule has 1 rings (SSSR count). The fourth-order valence-corrected chi connectivity index (χ4v) is 1.77. The highest BCUT2D eigenvalue weighted by Crippen LogP contribution is 2.09. The fourth-order valence-electron chi connectivity index (χ4n) is 0.954. The number of carbonyl (C=O) groups excluding carboxylic acids is 1. The number of thioether (sulfide) groups is 1. The summed E-state index contributed by atoms with van der Waals surface area (Å²) < 4.78 is 0. The minimum absolute atomic E-state index is 0.00260. The molecule has 4 N–H and O–H groups in total. The van der Waals surface area contributed by atoms with Gasteiger partial charge in [-0.05, 0) is 0 Å². The van der Waals surface area contributed by atoms with E-state index in [0.717, 1.165) is 5.75 Å². The zero-order chi connectivity index (χ0) is 8.97. The lowest BCUT2D eigenvalue weighted by molar-refractivity contribution is -0.123. The molecule has 1 heterocycles. The van der Waals surface area contributed by atoms with Crippen LogP contribution in [0.3, 0.4) is 0 Å². The van der Waals surface area contributed by atoms with E-state index in [9.17, 15) is 4.79 Å². The quantitative estimate of drug-likeness (QED) is 0.525. The maximum Gasteiger partial charge on any atom is 0.224 e. The van der Waals surface area contributed by atoms with Crippen molar-refractivity contribution in [3.05, 3.63) is 12.7 Å². The molecule has 68 valence electrons. The lowest BCUT2D eigenvalue weighted by atomic mass is 10.3. The molecule has 4 nitrogen and oxygen atoms in total. The maximum atomic E-state index is 11.0. The molecule has 0 bridgehead atoms. The summed E-state index contributed by atoms with van der Waals surface area (Å²) in [5, 5.41) is 5.81. The molecule has 1 amide bonds. The summed E-state index contributed by atoms with van der Waals surface area (Å²) in [6, 6.07) is 0. The SMILES string of the molecule is C=CCSC1NC(=O)CC(N)N1. The molecule has 2 unspecified atom stereocenters. The largest absolute Gasteiger partial charge is 0.332 e. The van der Waals surface area contributed by atoms with Crippen molar-refractivity contribution in [3.8, 4) is 0 Å². The monoisotopic (exact) mass is 187 g/mol. The van der Waals surface area contributed by atoms with Gasteiger partial charge in [0.2, 0.25) is 5.91 Å². The van der Waals surface area contributed by atoms with Crippen molar-refractivity contribution in [3.63, 3.8) is 0 Å². The van der Waals surface area contributed by atoms with Crippen LogP contribution in [0.5, 0.6) is 0 Å². The molecular weight excluding hydrogens is 174 g/mol. The Morgan fingerprint density at radius 2 is 2.58 bits per heavy atom. The summed E-state index contributed by atoms with van der Waals surface area (Å²) in [4.78, 5) is 11.0. The van der Waals surface area contributed by atoms with Gasteiger partial charge in [0.25, 0.3) is 0 Å². The van der Waals surface area contributed by atoms with E-state index in [2.05, 4.69) is 17.2 Å². The van der Waals surface area contributed by atoms with Crippen LogP contribution in [0, 0.1) is 0 Å². The average Bonchev–Trinajstić information content (AvgIpc) is 1.99. The van der Waals surface area contributed by atoms with E-state index in [4.69, 9.17) is 5.73 Å². The van der Waals surface area contributed by atoms with Gasteiger partial charge >= 0.3 is 0 Å². The Balaban J connectivity index is 2.33. The van der Waals surface area contributed by atoms with Gasteiger partial charge in [-0.3, -0.25) is 10.1 Å². The number of hydrogen-bond acceptors (Lipinski definition) is 4.